The number of carbonyl (C=O) groups is 4. The Bertz CT molecular complexity index is 656. The summed E-state index contributed by atoms with van der Waals surface area (Å²) < 4.78 is 0. The molecular formula is C17H22N4O4. The summed E-state index contributed by atoms with van der Waals surface area (Å²) in [6.45, 7) is 4.85. The molecule has 0 aliphatic heterocycles. The van der Waals surface area contributed by atoms with Crippen molar-refractivity contribution in [1.29, 1.82) is 0 Å². The van der Waals surface area contributed by atoms with Crippen LogP contribution in [0.1, 0.15) is 26.3 Å². The van der Waals surface area contributed by atoms with Gasteiger partial charge in [-0.05, 0) is 32.4 Å². The second kappa shape index (κ2) is 9.86. The molecule has 1 aromatic carbocycles. The zero-order valence-corrected chi connectivity index (χ0v) is 14.3. The smallest absolute Gasteiger partial charge is 0.327 e. The monoisotopic (exact) mass is 346 g/mol. The molecule has 0 bridgehead atoms. The Morgan fingerprint density at radius 2 is 1.52 bits per heavy atom. The van der Waals surface area contributed by atoms with Gasteiger partial charge in [0.1, 0.15) is 6.04 Å². The molecule has 0 aromatic heterocycles. The summed E-state index contributed by atoms with van der Waals surface area (Å²) in [7, 11) is 0. The van der Waals surface area contributed by atoms with Crippen molar-refractivity contribution < 1.29 is 19.2 Å². The third-order valence-electron chi connectivity index (χ3n) is 2.90. The lowest BCUT2D eigenvalue weighted by atomic mass is 10.2. The largest absolute Gasteiger partial charge is 0.346 e. The minimum absolute atomic E-state index is 0.205. The second-order valence-electron chi connectivity index (χ2n) is 5.55. The zero-order valence-electron chi connectivity index (χ0n) is 14.3. The number of rotatable bonds is 5. The molecule has 8 nitrogen and oxygen atoms in total. The predicted octanol–water partition coefficient (Wildman–Crippen LogP) is -0.123. The Labute approximate surface area is 146 Å². The lowest BCUT2D eigenvalue weighted by Crippen LogP contribution is -2.54. The molecule has 4 amide bonds. The molecule has 0 saturated heterocycles. The minimum atomic E-state index is -0.996. The molecule has 4 N–H and O–H groups in total. The maximum absolute atomic E-state index is 11.8. The van der Waals surface area contributed by atoms with Crippen LogP contribution in [0.3, 0.4) is 0 Å². The van der Waals surface area contributed by atoms with Crippen LogP contribution in [0.15, 0.2) is 36.4 Å². The lowest BCUT2D eigenvalue weighted by molar-refractivity contribution is -0.141. The number of hydrogen-bond donors (Lipinski definition) is 4. The van der Waals surface area contributed by atoms with Gasteiger partial charge in [-0.25, -0.2) is 0 Å². The van der Waals surface area contributed by atoms with E-state index in [0.29, 0.717) is 0 Å². The van der Waals surface area contributed by atoms with E-state index in [2.05, 4.69) is 16.1 Å². The van der Waals surface area contributed by atoms with Crippen LogP contribution in [0.4, 0.5) is 0 Å². The summed E-state index contributed by atoms with van der Waals surface area (Å²) in [5.41, 5.74) is 4.90. The van der Waals surface area contributed by atoms with Gasteiger partial charge in [-0.15, -0.1) is 0 Å². The van der Waals surface area contributed by atoms with Crippen LogP contribution < -0.4 is 21.5 Å². The van der Waals surface area contributed by atoms with E-state index in [1.165, 1.54) is 13.0 Å². The normalized spacial score (nSPS) is 11.7. The molecule has 0 heterocycles. The molecule has 1 rings (SSSR count). The van der Waals surface area contributed by atoms with E-state index in [-0.39, 0.29) is 6.04 Å². The fourth-order valence-corrected chi connectivity index (χ4v) is 1.67. The molecule has 0 unspecified atom stereocenters. The third kappa shape index (κ3) is 7.78. The summed E-state index contributed by atoms with van der Waals surface area (Å²) in [5, 5.41) is 4.82. The highest BCUT2D eigenvalue weighted by atomic mass is 16.2. The molecule has 0 aliphatic carbocycles. The van der Waals surface area contributed by atoms with Gasteiger partial charge in [0.25, 0.3) is 5.91 Å². The highest BCUT2D eigenvalue weighted by Crippen LogP contribution is 2.00. The fourth-order valence-electron chi connectivity index (χ4n) is 1.67. The molecule has 1 atom stereocenters. The average molecular weight is 346 g/mol. The first-order valence-corrected chi connectivity index (χ1v) is 7.74. The fraction of sp³-hybridized carbons (Fsp3) is 0.294. The van der Waals surface area contributed by atoms with E-state index in [4.69, 9.17) is 0 Å². The molecule has 0 radical (unpaired) electrons. The van der Waals surface area contributed by atoms with Crippen LogP contribution in [-0.2, 0) is 19.2 Å². The van der Waals surface area contributed by atoms with Crippen LogP contribution in [0, 0.1) is 0 Å². The van der Waals surface area contributed by atoms with Crippen molar-refractivity contribution in [3.05, 3.63) is 42.0 Å². The molecule has 134 valence electrons. The average Bonchev–Trinajstić information content (AvgIpc) is 2.57. The molecule has 25 heavy (non-hydrogen) atoms. The van der Waals surface area contributed by atoms with Gasteiger partial charge in [-0.2, -0.15) is 0 Å². The maximum Gasteiger partial charge on any atom is 0.327 e. The highest BCUT2D eigenvalue weighted by Gasteiger charge is 2.18. The number of amides is 4. The molecule has 0 fully saturated rings. The first-order valence-electron chi connectivity index (χ1n) is 7.74. The van der Waals surface area contributed by atoms with Gasteiger partial charge in [-0.3, -0.25) is 30.0 Å². The van der Waals surface area contributed by atoms with Gasteiger partial charge in [0.05, 0.1) is 0 Å². The number of hydrazine groups is 1. The van der Waals surface area contributed by atoms with Gasteiger partial charge >= 0.3 is 11.8 Å². The molecule has 0 aliphatic rings. The van der Waals surface area contributed by atoms with Crippen molar-refractivity contribution in [3.8, 4) is 0 Å². The molecule has 1 aromatic rings. The van der Waals surface area contributed by atoms with Gasteiger partial charge in [0.2, 0.25) is 5.91 Å². The van der Waals surface area contributed by atoms with Gasteiger partial charge in [0.15, 0.2) is 0 Å². The second-order valence-corrected chi connectivity index (χ2v) is 5.55. The number of carbonyl (C=O) groups excluding carboxylic acids is 4. The first kappa shape index (κ1) is 19.9. The maximum atomic E-state index is 11.8. The number of benzene rings is 1. The van der Waals surface area contributed by atoms with Crippen LogP contribution in [0.5, 0.6) is 0 Å². The SMILES string of the molecule is CC(C)NC(=O)C(=O)NNC(=O)[C@H](C)NC(=O)/C=C/c1ccccc1. The van der Waals surface area contributed by atoms with Crippen LogP contribution in [-0.4, -0.2) is 35.7 Å². The Balaban J connectivity index is 2.41. The third-order valence-corrected chi connectivity index (χ3v) is 2.90. The predicted molar refractivity (Wildman–Crippen MR) is 92.6 cm³/mol. The Morgan fingerprint density at radius 3 is 2.12 bits per heavy atom. The van der Waals surface area contributed by atoms with E-state index in [9.17, 15) is 19.2 Å². The van der Waals surface area contributed by atoms with Gasteiger partial charge < -0.3 is 10.6 Å². The van der Waals surface area contributed by atoms with E-state index in [0.717, 1.165) is 5.56 Å². The van der Waals surface area contributed by atoms with E-state index in [1.54, 1.807) is 19.9 Å². The topological polar surface area (TPSA) is 116 Å². The van der Waals surface area contributed by atoms with Gasteiger partial charge in [-0.1, -0.05) is 30.3 Å². The van der Waals surface area contributed by atoms with Crippen molar-refractivity contribution in [2.45, 2.75) is 32.9 Å². The number of nitrogens with one attached hydrogen (secondary N) is 4. The number of hydrogen-bond acceptors (Lipinski definition) is 4. The van der Waals surface area contributed by atoms with Crippen LogP contribution in [0.25, 0.3) is 6.08 Å². The summed E-state index contributed by atoms with van der Waals surface area (Å²) in [6.07, 6.45) is 2.91. The molecule has 0 saturated carbocycles. The van der Waals surface area contributed by atoms with Gasteiger partial charge in [0, 0.05) is 12.1 Å². The van der Waals surface area contributed by atoms with Crippen LogP contribution >= 0.6 is 0 Å². The molecule has 0 spiro atoms. The van der Waals surface area contributed by atoms with E-state index < -0.39 is 29.7 Å². The van der Waals surface area contributed by atoms with Crippen molar-refractivity contribution >= 4 is 29.7 Å². The standard InChI is InChI=1S/C17H22N4O4/c1-11(2)18-16(24)17(25)21-20-15(23)12(3)19-14(22)10-9-13-7-5-4-6-8-13/h4-12H,1-3H3,(H,18,24)(H,19,22)(H,20,23)(H,21,25)/b10-9+/t12-/m0/s1. The highest BCUT2D eigenvalue weighted by molar-refractivity contribution is 6.35. The summed E-state index contributed by atoms with van der Waals surface area (Å²) in [4.78, 5) is 46.4. The van der Waals surface area contributed by atoms with Crippen molar-refractivity contribution in [3.63, 3.8) is 0 Å². The van der Waals surface area contributed by atoms with Crippen LogP contribution in [0.2, 0.25) is 0 Å². The lowest BCUT2D eigenvalue weighted by Gasteiger charge is -2.14. The Morgan fingerprint density at radius 1 is 0.880 bits per heavy atom. The first-order chi connectivity index (χ1) is 11.8. The van der Waals surface area contributed by atoms with E-state index in [1.807, 2.05) is 35.8 Å². The summed E-state index contributed by atoms with van der Waals surface area (Å²) in [5.74, 6) is -2.98. The van der Waals surface area contributed by atoms with Crippen molar-refractivity contribution in [2.75, 3.05) is 0 Å². The molecule has 8 heteroatoms. The Hall–Kier alpha value is -3.16. The quantitative estimate of drug-likeness (QED) is 0.338. The summed E-state index contributed by atoms with van der Waals surface area (Å²) in [6, 6.07) is 8.09. The summed E-state index contributed by atoms with van der Waals surface area (Å²) >= 11 is 0. The van der Waals surface area contributed by atoms with Crippen molar-refractivity contribution in [2.24, 2.45) is 0 Å². The Kier molecular flexibility index (Phi) is 7.85. The zero-order chi connectivity index (χ0) is 18.8. The van der Waals surface area contributed by atoms with Crippen molar-refractivity contribution in [1.82, 2.24) is 21.5 Å². The molecular weight excluding hydrogens is 324 g/mol. The minimum Gasteiger partial charge on any atom is -0.346 e. The van der Waals surface area contributed by atoms with E-state index >= 15 is 0 Å².